The predicted molar refractivity (Wildman–Crippen MR) is 134 cm³/mol. The molecule has 0 spiro atoms. The van der Waals surface area contributed by atoms with E-state index in [-0.39, 0.29) is 23.7 Å². The molecule has 5 aliphatic rings. The van der Waals surface area contributed by atoms with E-state index in [2.05, 4.69) is 57.3 Å². The SMILES string of the molecule is Cc1ccc(C[C@H](NC(=O)OCC2CCCCCC2)B2O[C@@H]3C[C@@H]4C[C@@H](C4(C)C)[C@]3(C)O2)cc1. The number of carbonyl (C=O) groups is 1. The second kappa shape index (κ2) is 9.50. The van der Waals surface area contributed by atoms with Crippen molar-refractivity contribution in [2.24, 2.45) is 23.2 Å². The van der Waals surface area contributed by atoms with E-state index in [9.17, 15) is 4.79 Å². The third-order valence-corrected chi connectivity index (χ3v) is 9.60. The van der Waals surface area contributed by atoms with Crippen LogP contribution in [0.25, 0.3) is 0 Å². The number of hydrogen-bond acceptors (Lipinski definition) is 4. The van der Waals surface area contributed by atoms with Crippen LogP contribution < -0.4 is 5.32 Å². The molecule has 0 radical (unpaired) electrons. The monoisotopic (exact) mass is 467 g/mol. The number of alkyl carbamates (subject to hydrolysis) is 1. The van der Waals surface area contributed by atoms with Gasteiger partial charge in [-0.25, -0.2) is 4.79 Å². The van der Waals surface area contributed by atoms with Crippen LogP contribution in [0.4, 0.5) is 4.79 Å². The number of amides is 1. The first-order valence-corrected chi connectivity index (χ1v) is 13.6. The van der Waals surface area contributed by atoms with Gasteiger partial charge >= 0.3 is 13.2 Å². The Morgan fingerprint density at radius 1 is 1.12 bits per heavy atom. The van der Waals surface area contributed by atoms with E-state index in [0.717, 1.165) is 24.8 Å². The van der Waals surface area contributed by atoms with Crippen LogP contribution in [0.5, 0.6) is 0 Å². The maximum absolute atomic E-state index is 12.9. The number of aryl methyl sites for hydroxylation is 1. The Morgan fingerprint density at radius 2 is 1.82 bits per heavy atom. The third kappa shape index (κ3) is 4.65. The summed E-state index contributed by atoms with van der Waals surface area (Å²) in [5.41, 5.74) is 2.39. The van der Waals surface area contributed by atoms with Gasteiger partial charge in [0, 0.05) is 0 Å². The Balaban J connectivity index is 1.27. The van der Waals surface area contributed by atoms with E-state index >= 15 is 0 Å². The Labute approximate surface area is 205 Å². The predicted octanol–water partition coefficient (Wildman–Crippen LogP) is 5.87. The molecule has 1 heterocycles. The molecule has 1 amide bonds. The van der Waals surface area contributed by atoms with Gasteiger partial charge in [0.25, 0.3) is 0 Å². The third-order valence-electron chi connectivity index (χ3n) is 9.60. The minimum Gasteiger partial charge on any atom is -0.449 e. The zero-order valence-corrected chi connectivity index (χ0v) is 21.5. The number of carbonyl (C=O) groups excluding carboxylic acids is 1. The van der Waals surface area contributed by atoms with Gasteiger partial charge in [-0.3, -0.25) is 0 Å². The molecule has 0 aromatic heterocycles. The van der Waals surface area contributed by atoms with Crippen LogP contribution in [-0.4, -0.2) is 37.5 Å². The normalized spacial score (nSPS) is 33.4. The van der Waals surface area contributed by atoms with Gasteiger partial charge in [-0.05, 0) is 74.7 Å². The molecule has 5 atom stereocenters. The molecule has 4 saturated carbocycles. The van der Waals surface area contributed by atoms with Crippen molar-refractivity contribution in [1.82, 2.24) is 5.32 Å². The number of benzene rings is 1. The zero-order chi connectivity index (χ0) is 23.9. The van der Waals surface area contributed by atoms with Crippen LogP contribution in [0.2, 0.25) is 0 Å². The molecule has 6 rings (SSSR count). The van der Waals surface area contributed by atoms with E-state index in [0.29, 0.717) is 36.2 Å². The summed E-state index contributed by atoms with van der Waals surface area (Å²) in [5.74, 6) is 1.40. The minimum absolute atomic E-state index is 0.0959. The lowest BCUT2D eigenvalue weighted by atomic mass is 9.43. The summed E-state index contributed by atoms with van der Waals surface area (Å²) in [4.78, 5) is 12.9. The highest BCUT2D eigenvalue weighted by molar-refractivity contribution is 6.47. The maximum Gasteiger partial charge on any atom is 0.482 e. The van der Waals surface area contributed by atoms with E-state index < -0.39 is 7.12 Å². The molecule has 5 nitrogen and oxygen atoms in total. The molecule has 34 heavy (non-hydrogen) atoms. The van der Waals surface area contributed by atoms with E-state index in [1.807, 2.05) is 0 Å². The van der Waals surface area contributed by atoms with Crippen molar-refractivity contribution in [2.45, 2.75) is 103 Å². The highest BCUT2D eigenvalue weighted by Gasteiger charge is 2.68. The summed E-state index contributed by atoms with van der Waals surface area (Å²) < 4.78 is 19.0. The van der Waals surface area contributed by atoms with Crippen LogP contribution in [0.1, 0.15) is 83.3 Å². The Morgan fingerprint density at radius 3 is 2.50 bits per heavy atom. The van der Waals surface area contributed by atoms with E-state index in [1.165, 1.54) is 37.7 Å². The van der Waals surface area contributed by atoms with Crippen molar-refractivity contribution in [3.8, 4) is 0 Å². The topological polar surface area (TPSA) is 56.8 Å². The van der Waals surface area contributed by atoms with Gasteiger partial charge in [0.2, 0.25) is 0 Å². The Hall–Kier alpha value is -1.53. The van der Waals surface area contributed by atoms with Crippen LogP contribution in [0.3, 0.4) is 0 Å². The van der Waals surface area contributed by atoms with Gasteiger partial charge in [0.15, 0.2) is 0 Å². The van der Waals surface area contributed by atoms with Gasteiger partial charge < -0.3 is 19.4 Å². The Kier molecular flexibility index (Phi) is 6.76. The summed E-state index contributed by atoms with van der Waals surface area (Å²) in [5, 5.41) is 3.14. The van der Waals surface area contributed by atoms with Gasteiger partial charge in [-0.2, -0.15) is 0 Å². The second-order valence-corrected chi connectivity index (χ2v) is 12.2. The van der Waals surface area contributed by atoms with Gasteiger partial charge in [0.05, 0.1) is 24.3 Å². The molecule has 6 heteroatoms. The maximum atomic E-state index is 12.9. The summed E-state index contributed by atoms with van der Waals surface area (Å²) in [7, 11) is -0.461. The molecular weight excluding hydrogens is 425 g/mol. The fourth-order valence-electron chi connectivity index (χ4n) is 7.18. The molecular formula is C28H42BNO4. The zero-order valence-electron chi connectivity index (χ0n) is 21.5. The molecule has 1 aliphatic heterocycles. The lowest BCUT2D eigenvalue weighted by molar-refractivity contribution is -0.199. The van der Waals surface area contributed by atoms with Gasteiger partial charge in [-0.1, -0.05) is 69.4 Å². The standard InChI is InChI=1S/C28H42BNO4/c1-19-11-13-20(14-12-19)15-25(30-26(31)32-18-21-9-7-5-6-8-10-21)29-33-24-17-22-16-23(27(22,2)3)28(24,4)34-29/h11-14,21-25H,5-10,15-18H2,1-4H3,(H,30,31)/t22-,23-,24+,25-,28-/m0/s1. The van der Waals surface area contributed by atoms with Crippen molar-refractivity contribution in [3.63, 3.8) is 0 Å². The first-order valence-electron chi connectivity index (χ1n) is 13.6. The number of rotatable bonds is 6. The smallest absolute Gasteiger partial charge is 0.449 e. The average molecular weight is 467 g/mol. The molecule has 1 N–H and O–H groups in total. The summed E-state index contributed by atoms with van der Waals surface area (Å²) >= 11 is 0. The fraction of sp³-hybridized carbons (Fsp3) is 0.750. The second-order valence-electron chi connectivity index (χ2n) is 12.2. The first kappa shape index (κ1) is 24.2. The van der Waals surface area contributed by atoms with Crippen LogP contribution in [0, 0.1) is 30.1 Å². The van der Waals surface area contributed by atoms with Gasteiger partial charge in [-0.15, -0.1) is 0 Å². The molecule has 2 bridgehead atoms. The highest BCUT2D eigenvalue weighted by atomic mass is 16.7. The van der Waals surface area contributed by atoms with Crippen molar-refractivity contribution in [3.05, 3.63) is 35.4 Å². The van der Waals surface area contributed by atoms with Crippen molar-refractivity contribution in [1.29, 1.82) is 0 Å². The highest BCUT2D eigenvalue weighted by Crippen LogP contribution is 2.65. The quantitative estimate of drug-likeness (QED) is 0.420. The largest absolute Gasteiger partial charge is 0.482 e. The lowest BCUT2D eigenvalue weighted by Crippen LogP contribution is -2.65. The number of nitrogens with one attached hydrogen (secondary N) is 1. The average Bonchev–Trinajstić information content (AvgIpc) is 2.97. The van der Waals surface area contributed by atoms with E-state index in [4.69, 9.17) is 14.0 Å². The molecule has 1 aromatic rings. The van der Waals surface area contributed by atoms with Crippen LogP contribution in [-0.2, 0) is 20.5 Å². The molecule has 4 aliphatic carbocycles. The van der Waals surface area contributed by atoms with Crippen LogP contribution in [0.15, 0.2) is 24.3 Å². The van der Waals surface area contributed by atoms with Crippen molar-refractivity contribution >= 4 is 13.2 Å². The first-order chi connectivity index (χ1) is 16.3. The number of ether oxygens (including phenoxy) is 1. The molecule has 1 aromatic carbocycles. The number of hydrogen-bond donors (Lipinski definition) is 1. The van der Waals surface area contributed by atoms with Gasteiger partial charge in [0.1, 0.15) is 0 Å². The van der Waals surface area contributed by atoms with E-state index in [1.54, 1.807) is 0 Å². The molecule has 5 fully saturated rings. The fourth-order valence-corrected chi connectivity index (χ4v) is 7.18. The van der Waals surface area contributed by atoms with Crippen molar-refractivity contribution < 1.29 is 18.8 Å². The van der Waals surface area contributed by atoms with Crippen LogP contribution >= 0.6 is 0 Å². The molecule has 186 valence electrons. The van der Waals surface area contributed by atoms with Crippen molar-refractivity contribution in [2.75, 3.05) is 6.61 Å². The summed E-state index contributed by atoms with van der Waals surface area (Å²) in [6.07, 6.45) is 10.1. The molecule has 1 saturated heterocycles. The Bertz CT molecular complexity index is 866. The summed E-state index contributed by atoms with van der Waals surface area (Å²) in [6, 6.07) is 8.49. The lowest BCUT2D eigenvalue weighted by Gasteiger charge is -2.64. The summed E-state index contributed by atoms with van der Waals surface area (Å²) in [6.45, 7) is 9.57. The minimum atomic E-state index is -0.461. The molecule has 0 unspecified atom stereocenters.